The lowest BCUT2D eigenvalue weighted by Gasteiger charge is -1.97. The Hall–Kier alpha value is -3.72. The number of rotatable bonds is 1. The summed E-state index contributed by atoms with van der Waals surface area (Å²) in [4.78, 5) is 0. The summed E-state index contributed by atoms with van der Waals surface area (Å²) in [5, 5.41) is 17.8. The molecule has 0 spiro atoms. The van der Waals surface area contributed by atoms with E-state index in [1.807, 2.05) is 42.5 Å². The standard InChI is InChI=1S/C21H12N2/c22-16-15-20-13-6-5-11-18(20)9-3-1-2-4-10-19-12-7-8-14-21(19)17-23/h1-2,5-8,11-14H,15H2. The van der Waals surface area contributed by atoms with Crippen molar-refractivity contribution in [1.82, 2.24) is 0 Å². The van der Waals surface area contributed by atoms with E-state index < -0.39 is 0 Å². The highest BCUT2D eigenvalue weighted by Gasteiger charge is 1.96. The topological polar surface area (TPSA) is 47.6 Å². The SMILES string of the molecule is N#CCc1ccccc1C#CC=CC#Cc1ccccc1C#N. The maximum atomic E-state index is 8.97. The van der Waals surface area contributed by atoms with Crippen molar-refractivity contribution in [2.75, 3.05) is 0 Å². The summed E-state index contributed by atoms with van der Waals surface area (Å²) in [5.74, 6) is 11.7. The number of benzene rings is 2. The van der Waals surface area contributed by atoms with Crippen LogP contribution in [0.5, 0.6) is 0 Å². The van der Waals surface area contributed by atoms with E-state index in [4.69, 9.17) is 10.5 Å². The molecule has 0 saturated carbocycles. The molecule has 0 heterocycles. The fourth-order valence-corrected chi connectivity index (χ4v) is 1.89. The van der Waals surface area contributed by atoms with E-state index in [-0.39, 0.29) is 0 Å². The average Bonchev–Trinajstić information content (AvgIpc) is 2.60. The monoisotopic (exact) mass is 292 g/mol. The van der Waals surface area contributed by atoms with Gasteiger partial charge in [0.25, 0.3) is 0 Å². The highest BCUT2D eigenvalue weighted by molar-refractivity contribution is 5.49. The third-order valence-electron chi connectivity index (χ3n) is 3.00. The molecular formula is C21H12N2. The molecule has 0 radical (unpaired) electrons. The average molecular weight is 292 g/mol. The maximum Gasteiger partial charge on any atom is 0.100 e. The van der Waals surface area contributed by atoms with Crippen LogP contribution in [0.25, 0.3) is 0 Å². The highest BCUT2D eigenvalue weighted by atomic mass is 14.2. The van der Waals surface area contributed by atoms with Gasteiger partial charge >= 0.3 is 0 Å². The van der Waals surface area contributed by atoms with Gasteiger partial charge < -0.3 is 0 Å². The molecule has 106 valence electrons. The molecule has 0 N–H and O–H groups in total. The van der Waals surface area contributed by atoms with Crippen LogP contribution in [0.2, 0.25) is 0 Å². The first-order valence-corrected chi connectivity index (χ1v) is 6.97. The van der Waals surface area contributed by atoms with E-state index in [1.165, 1.54) is 0 Å². The minimum Gasteiger partial charge on any atom is -0.198 e. The van der Waals surface area contributed by atoms with Crippen LogP contribution in [0.4, 0.5) is 0 Å². The largest absolute Gasteiger partial charge is 0.198 e. The number of nitrogens with zero attached hydrogens (tertiary/aromatic N) is 2. The zero-order chi connectivity index (χ0) is 16.3. The van der Waals surface area contributed by atoms with Gasteiger partial charge in [-0.1, -0.05) is 54.0 Å². The van der Waals surface area contributed by atoms with Crippen LogP contribution >= 0.6 is 0 Å². The van der Waals surface area contributed by atoms with Crippen LogP contribution in [0.3, 0.4) is 0 Å². The Kier molecular flexibility index (Phi) is 5.82. The van der Waals surface area contributed by atoms with Crippen LogP contribution < -0.4 is 0 Å². The van der Waals surface area contributed by atoms with Gasteiger partial charge in [-0.05, 0) is 35.9 Å². The maximum absolute atomic E-state index is 8.97. The van der Waals surface area contributed by atoms with Gasteiger partial charge in [-0.25, -0.2) is 0 Å². The first kappa shape index (κ1) is 15.7. The normalized spacial score (nSPS) is 8.96. The Morgan fingerprint density at radius 3 is 1.96 bits per heavy atom. The van der Waals surface area contributed by atoms with Crippen molar-refractivity contribution in [2.45, 2.75) is 6.42 Å². The van der Waals surface area contributed by atoms with Gasteiger partial charge in [0.15, 0.2) is 0 Å². The zero-order valence-corrected chi connectivity index (χ0v) is 12.4. The summed E-state index contributed by atoms with van der Waals surface area (Å²) in [7, 11) is 0. The van der Waals surface area contributed by atoms with Crippen molar-refractivity contribution in [3.8, 4) is 35.8 Å². The first-order valence-electron chi connectivity index (χ1n) is 6.97. The molecule has 0 atom stereocenters. The van der Waals surface area contributed by atoms with Crippen molar-refractivity contribution < 1.29 is 0 Å². The zero-order valence-electron chi connectivity index (χ0n) is 12.4. The Bertz CT molecular complexity index is 930. The minimum atomic E-state index is 0.347. The molecule has 2 aromatic carbocycles. The lowest BCUT2D eigenvalue weighted by molar-refractivity contribution is 1.25. The fraction of sp³-hybridized carbons (Fsp3) is 0.0476. The van der Waals surface area contributed by atoms with Crippen molar-refractivity contribution in [3.63, 3.8) is 0 Å². The molecule has 0 bridgehead atoms. The molecule has 2 heteroatoms. The van der Waals surface area contributed by atoms with Gasteiger partial charge in [0, 0.05) is 11.1 Å². The summed E-state index contributed by atoms with van der Waals surface area (Å²) in [6, 6.07) is 19.0. The second-order valence-corrected chi connectivity index (χ2v) is 4.52. The molecule has 2 aromatic rings. The second kappa shape index (κ2) is 8.54. The van der Waals surface area contributed by atoms with Crippen molar-refractivity contribution in [3.05, 3.63) is 82.9 Å². The molecule has 0 amide bonds. The molecule has 23 heavy (non-hydrogen) atoms. The Morgan fingerprint density at radius 1 is 0.739 bits per heavy atom. The lowest BCUT2D eigenvalue weighted by Crippen LogP contribution is -1.86. The van der Waals surface area contributed by atoms with Crippen LogP contribution in [-0.4, -0.2) is 0 Å². The molecule has 0 aliphatic carbocycles. The van der Waals surface area contributed by atoms with Crippen LogP contribution in [0.15, 0.2) is 60.7 Å². The molecule has 0 fully saturated rings. The summed E-state index contributed by atoms with van der Waals surface area (Å²) in [6.07, 6.45) is 3.65. The van der Waals surface area contributed by atoms with Gasteiger partial charge in [-0.15, -0.1) is 0 Å². The van der Waals surface area contributed by atoms with Gasteiger partial charge in [0.2, 0.25) is 0 Å². The van der Waals surface area contributed by atoms with Gasteiger partial charge in [-0.2, -0.15) is 10.5 Å². The third-order valence-corrected chi connectivity index (χ3v) is 3.00. The van der Waals surface area contributed by atoms with E-state index in [2.05, 4.69) is 35.8 Å². The Labute approximate surface area is 136 Å². The fourth-order valence-electron chi connectivity index (χ4n) is 1.89. The van der Waals surface area contributed by atoms with Crippen LogP contribution in [0.1, 0.15) is 22.3 Å². The number of hydrogen-bond acceptors (Lipinski definition) is 2. The lowest BCUT2D eigenvalue weighted by atomic mass is 10.1. The van der Waals surface area contributed by atoms with Gasteiger partial charge in [0.1, 0.15) is 6.07 Å². The molecule has 0 aliphatic rings. The van der Waals surface area contributed by atoms with Crippen molar-refractivity contribution in [1.29, 1.82) is 10.5 Å². The third kappa shape index (κ3) is 4.65. The molecule has 0 unspecified atom stereocenters. The molecule has 2 nitrogen and oxygen atoms in total. The summed E-state index contributed by atoms with van der Waals surface area (Å²) >= 11 is 0. The van der Waals surface area contributed by atoms with Crippen molar-refractivity contribution >= 4 is 0 Å². The first-order chi connectivity index (χ1) is 11.3. The molecule has 0 aromatic heterocycles. The second-order valence-electron chi connectivity index (χ2n) is 4.52. The van der Waals surface area contributed by atoms with E-state index >= 15 is 0 Å². The smallest absolute Gasteiger partial charge is 0.100 e. The minimum absolute atomic E-state index is 0.347. The number of nitriles is 2. The van der Waals surface area contributed by atoms with E-state index in [9.17, 15) is 0 Å². The van der Waals surface area contributed by atoms with Gasteiger partial charge in [-0.3, -0.25) is 0 Å². The molecular weight excluding hydrogens is 280 g/mol. The van der Waals surface area contributed by atoms with Gasteiger partial charge in [0.05, 0.1) is 18.1 Å². The number of hydrogen-bond donors (Lipinski definition) is 0. The van der Waals surface area contributed by atoms with E-state index in [1.54, 1.807) is 18.2 Å². The summed E-state index contributed by atoms with van der Waals surface area (Å²) in [6.45, 7) is 0. The summed E-state index contributed by atoms with van der Waals surface area (Å²) in [5.41, 5.74) is 3.03. The van der Waals surface area contributed by atoms with Crippen molar-refractivity contribution in [2.24, 2.45) is 0 Å². The molecule has 0 saturated heterocycles. The Morgan fingerprint density at radius 2 is 1.30 bits per heavy atom. The predicted octanol–water partition coefficient (Wildman–Crippen LogP) is 3.58. The van der Waals surface area contributed by atoms with E-state index in [0.29, 0.717) is 17.5 Å². The number of allylic oxidation sites excluding steroid dienone is 2. The van der Waals surface area contributed by atoms with E-state index in [0.717, 1.165) is 11.1 Å². The predicted molar refractivity (Wildman–Crippen MR) is 89.8 cm³/mol. The highest BCUT2D eigenvalue weighted by Crippen LogP contribution is 2.07. The molecule has 0 aliphatic heterocycles. The van der Waals surface area contributed by atoms with Crippen LogP contribution in [0, 0.1) is 46.3 Å². The molecule has 2 rings (SSSR count). The van der Waals surface area contributed by atoms with Crippen LogP contribution in [-0.2, 0) is 6.42 Å². The summed E-state index contributed by atoms with van der Waals surface area (Å²) < 4.78 is 0. The quantitative estimate of drug-likeness (QED) is 0.754. The Balaban J connectivity index is 2.10.